The Morgan fingerprint density at radius 2 is 1.89 bits per heavy atom. The summed E-state index contributed by atoms with van der Waals surface area (Å²) in [4.78, 5) is 16.7. The van der Waals surface area contributed by atoms with E-state index >= 15 is 0 Å². The molecule has 0 aliphatic heterocycles. The Hall–Kier alpha value is -2.63. The smallest absolute Gasteiger partial charge is 0.246 e. The minimum atomic E-state index is -0.409. The van der Waals surface area contributed by atoms with Crippen LogP contribution in [0.4, 0.5) is 5.69 Å². The van der Waals surface area contributed by atoms with Gasteiger partial charge in [0, 0.05) is 11.4 Å². The molecule has 0 unspecified atom stereocenters. The number of ether oxygens (including phenoxy) is 1. The number of nitrogens with zero attached hydrogens (tertiary/aromatic N) is 1. The van der Waals surface area contributed by atoms with Gasteiger partial charge in [-0.1, -0.05) is 36.4 Å². The molecule has 4 nitrogen and oxygen atoms in total. The molecule has 0 spiro atoms. The molecule has 0 saturated carbocycles. The van der Waals surface area contributed by atoms with E-state index in [9.17, 15) is 4.79 Å². The molecule has 1 aromatic heterocycles. The molecule has 1 N–H and O–H groups in total. The predicted octanol–water partition coefficient (Wildman–Crippen LogP) is 5.19. The Morgan fingerprint density at radius 3 is 2.54 bits per heavy atom. The maximum Gasteiger partial charge on any atom is 0.246 e. The van der Waals surface area contributed by atoms with Gasteiger partial charge in [0.15, 0.2) is 0 Å². The number of nitrogens with one attached hydrogen (secondary N) is 1. The first-order valence-corrected chi connectivity index (χ1v) is 10.1. The molecule has 3 rings (SSSR count). The second-order valence-electron chi connectivity index (χ2n) is 6.95. The molecule has 146 valence electrons. The monoisotopic (exact) mass is 394 g/mol. The third-order valence-corrected chi connectivity index (χ3v) is 5.79. The van der Waals surface area contributed by atoms with E-state index < -0.39 is 6.04 Å². The molecule has 1 atom stereocenters. The zero-order valence-corrected chi connectivity index (χ0v) is 17.5. The fourth-order valence-electron chi connectivity index (χ4n) is 3.25. The number of hydrogen-bond donors (Lipinski definition) is 1. The summed E-state index contributed by atoms with van der Waals surface area (Å²) in [5.74, 6) is 0.578. The van der Waals surface area contributed by atoms with E-state index in [1.165, 1.54) is 10.4 Å². The molecule has 0 fully saturated rings. The minimum Gasteiger partial charge on any atom is -0.495 e. The van der Waals surface area contributed by atoms with Crippen molar-refractivity contribution in [2.75, 3.05) is 19.5 Å². The van der Waals surface area contributed by atoms with E-state index in [0.29, 0.717) is 18.0 Å². The topological polar surface area (TPSA) is 41.6 Å². The summed E-state index contributed by atoms with van der Waals surface area (Å²) in [6, 6.07) is 17.4. The van der Waals surface area contributed by atoms with Gasteiger partial charge < -0.3 is 10.1 Å². The largest absolute Gasteiger partial charge is 0.495 e. The lowest BCUT2D eigenvalue weighted by Gasteiger charge is -2.28. The number of anilines is 1. The molecule has 0 radical (unpaired) electrons. The minimum absolute atomic E-state index is 0.0770. The third kappa shape index (κ3) is 4.61. The lowest BCUT2D eigenvalue weighted by molar-refractivity contribution is -0.121. The summed E-state index contributed by atoms with van der Waals surface area (Å²) in [6.45, 7) is 4.81. The average Bonchev–Trinajstić information content (AvgIpc) is 3.07. The average molecular weight is 395 g/mol. The molecular weight excluding hydrogens is 368 g/mol. The predicted molar refractivity (Wildman–Crippen MR) is 116 cm³/mol. The van der Waals surface area contributed by atoms with Gasteiger partial charge in [0.1, 0.15) is 11.8 Å². The quantitative estimate of drug-likeness (QED) is 0.600. The number of thiophene rings is 1. The third-order valence-electron chi connectivity index (χ3n) is 4.78. The Kier molecular flexibility index (Phi) is 6.49. The zero-order valence-electron chi connectivity index (χ0n) is 16.7. The Balaban J connectivity index is 1.89. The first-order valence-electron chi connectivity index (χ1n) is 9.23. The van der Waals surface area contributed by atoms with Crippen LogP contribution in [0.15, 0.2) is 60.0 Å². The number of amides is 1. The molecule has 0 aliphatic carbocycles. The van der Waals surface area contributed by atoms with Crippen LogP contribution < -0.4 is 10.1 Å². The van der Waals surface area contributed by atoms with Crippen molar-refractivity contribution < 1.29 is 9.53 Å². The standard InChI is InChI=1S/C23H26N2O2S/c1-16-10-11-20(27-4)19(14-16)24-23(26)22(18-8-6-5-7-9-18)25(3)15-21-17(2)12-13-28-21/h5-14,22H,15H2,1-4H3,(H,24,26)/t22-/m1/s1. The summed E-state index contributed by atoms with van der Waals surface area (Å²) < 4.78 is 5.42. The summed E-state index contributed by atoms with van der Waals surface area (Å²) in [7, 11) is 3.60. The van der Waals surface area contributed by atoms with Crippen molar-refractivity contribution in [3.8, 4) is 5.75 Å². The van der Waals surface area contributed by atoms with E-state index in [4.69, 9.17) is 4.74 Å². The Labute approximate surface area is 170 Å². The van der Waals surface area contributed by atoms with Crippen LogP contribution in [0, 0.1) is 13.8 Å². The summed E-state index contributed by atoms with van der Waals surface area (Å²) in [5, 5.41) is 5.16. The first kappa shape index (κ1) is 20.1. The molecule has 0 aliphatic rings. The maximum atomic E-state index is 13.3. The first-order chi connectivity index (χ1) is 13.5. The van der Waals surface area contributed by atoms with E-state index in [1.807, 2.05) is 62.5 Å². The van der Waals surface area contributed by atoms with Crippen molar-refractivity contribution in [1.29, 1.82) is 0 Å². The number of methoxy groups -OCH3 is 1. The summed E-state index contributed by atoms with van der Waals surface area (Å²) in [5.41, 5.74) is 3.97. The van der Waals surface area contributed by atoms with Crippen molar-refractivity contribution in [2.45, 2.75) is 26.4 Å². The SMILES string of the molecule is COc1ccc(C)cc1NC(=O)[C@@H](c1ccccc1)N(C)Cc1sccc1C. The molecule has 28 heavy (non-hydrogen) atoms. The van der Waals surface area contributed by atoms with Crippen LogP contribution >= 0.6 is 11.3 Å². The lowest BCUT2D eigenvalue weighted by Crippen LogP contribution is -2.34. The number of likely N-dealkylation sites (N-methyl/N-ethyl adjacent to an activating group) is 1. The maximum absolute atomic E-state index is 13.3. The van der Waals surface area contributed by atoms with Gasteiger partial charge in [-0.2, -0.15) is 0 Å². The molecule has 1 amide bonds. The Morgan fingerprint density at radius 1 is 1.14 bits per heavy atom. The Bertz CT molecular complexity index is 937. The highest BCUT2D eigenvalue weighted by Crippen LogP contribution is 2.29. The van der Waals surface area contributed by atoms with E-state index in [0.717, 1.165) is 11.1 Å². The van der Waals surface area contributed by atoms with E-state index in [-0.39, 0.29) is 5.91 Å². The number of carbonyl (C=O) groups is 1. The van der Waals surface area contributed by atoms with Crippen LogP contribution in [0.3, 0.4) is 0 Å². The van der Waals surface area contributed by atoms with Crippen molar-refractivity contribution in [3.63, 3.8) is 0 Å². The highest BCUT2D eigenvalue weighted by atomic mass is 32.1. The van der Waals surface area contributed by atoms with Gasteiger partial charge in [-0.15, -0.1) is 11.3 Å². The van der Waals surface area contributed by atoms with Crippen molar-refractivity contribution in [1.82, 2.24) is 4.90 Å². The normalized spacial score (nSPS) is 12.0. The second kappa shape index (κ2) is 9.04. The molecule has 5 heteroatoms. The van der Waals surface area contributed by atoms with Crippen LogP contribution in [0.2, 0.25) is 0 Å². The van der Waals surface area contributed by atoms with Crippen molar-refractivity contribution in [3.05, 3.63) is 81.5 Å². The van der Waals surface area contributed by atoms with Crippen LogP contribution in [0.25, 0.3) is 0 Å². The van der Waals surface area contributed by atoms with E-state index in [2.05, 4.69) is 28.6 Å². The molecular formula is C23H26N2O2S. The fourth-order valence-corrected chi connectivity index (χ4v) is 4.21. The number of carbonyl (C=O) groups excluding carboxylic acids is 1. The van der Waals surface area contributed by atoms with Crippen LogP contribution in [0.5, 0.6) is 5.75 Å². The van der Waals surface area contributed by atoms with Crippen molar-refractivity contribution in [2.24, 2.45) is 0 Å². The van der Waals surface area contributed by atoms with Gasteiger partial charge in [-0.25, -0.2) is 0 Å². The van der Waals surface area contributed by atoms with Gasteiger partial charge >= 0.3 is 0 Å². The number of rotatable bonds is 7. The van der Waals surface area contributed by atoms with Crippen LogP contribution in [-0.2, 0) is 11.3 Å². The number of hydrogen-bond acceptors (Lipinski definition) is 4. The second-order valence-corrected chi connectivity index (χ2v) is 7.95. The van der Waals surface area contributed by atoms with Gasteiger partial charge in [0.05, 0.1) is 12.8 Å². The molecule has 3 aromatic rings. The molecule has 2 aromatic carbocycles. The van der Waals surface area contributed by atoms with Crippen LogP contribution in [0.1, 0.15) is 27.6 Å². The zero-order chi connectivity index (χ0) is 20.1. The van der Waals surface area contributed by atoms with Gasteiger partial charge in [-0.3, -0.25) is 9.69 Å². The molecule has 0 saturated heterocycles. The van der Waals surface area contributed by atoms with Gasteiger partial charge in [0.2, 0.25) is 5.91 Å². The highest BCUT2D eigenvalue weighted by molar-refractivity contribution is 7.10. The van der Waals surface area contributed by atoms with E-state index in [1.54, 1.807) is 18.4 Å². The number of benzene rings is 2. The lowest BCUT2D eigenvalue weighted by atomic mass is 10.0. The number of aryl methyl sites for hydroxylation is 2. The molecule has 1 heterocycles. The summed E-state index contributed by atoms with van der Waals surface area (Å²) >= 11 is 1.72. The van der Waals surface area contributed by atoms with Gasteiger partial charge in [-0.05, 0) is 61.2 Å². The fraction of sp³-hybridized carbons (Fsp3) is 0.261. The van der Waals surface area contributed by atoms with Crippen molar-refractivity contribution >= 4 is 22.9 Å². The summed E-state index contributed by atoms with van der Waals surface area (Å²) in [6.07, 6.45) is 0. The van der Waals surface area contributed by atoms with Crippen LogP contribution in [-0.4, -0.2) is 25.0 Å². The van der Waals surface area contributed by atoms with Gasteiger partial charge in [0.25, 0.3) is 0 Å². The molecule has 0 bridgehead atoms. The highest BCUT2D eigenvalue weighted by Gasteiger charge is 2.26.